The minimum absolute atomic E-state index is 0.0697. The van der Waals surface area contributed by atoms with Crippen molar-refractivity contribution in [3.05, 3.63) is 63.3 Å². The number of halogens is 1. The maximum absolute atomic E-state index is 13.7. The minimum Gasteiger partial charge on any atom is -0.352 e. The molecule has 0 radical (unpaired) electrons. The van der Waals surface area contributed by atoms with Crippen molar-refractivity contribution in [2.45, 2.75) is 6.92 Å². The van der Waals surface area contributed by atoms with Gasteiger partial charge in [-0.1, -0.05) is 0 Å². The van der Waals surface area contributed by atoms with Gasteiger partial charge in [0.1, 0.15) is 11.4 Å². The lowest BCUT2D eigenvalue weighted by molar-refractivity contribution is 0.0953. The zero-order chi connectivity index (χ0) is 18.0. The summed E-state index contributed by atoms with van der Waals surface area (Å²) in [4.78, 5) is 40.9. The third kappa shape index (κ3) is 3.41. The van der Waals surface area contributed by atoms with Crippen LogP contribution in [-0.2, 0) is 0 Å². The Hall–Kier alpha value is -3.07. The normalized spacial score (nSPS) is 10.6. The van der Waals surface area contributed by atoms with E-state index in [1.54, 1.807) is 12.3 Å². The molecular weight excluding hydrogens is 347 g/mol. The molecule has 2 N–H and O–H groups in total. The number of fused-ring (bicyclic) bond motifs is 1. The number of nitrogens with zero attached hydrogens (tertiary/aromatic N) is 2. The van der Waals surface area contributed by atoms with E-state index >= 15 is 0 Å². The number of benzene rings is 1. The number of amides is 2. The van der Waals surface area contributed by atoms with Crippen molar-refractivity contribution in [2.75, 3.05) is 11.9 Å². The Bertz CT molecular complexity index is 1030. The van der Waals surface area contributed by atoms with E-state index < -0.39 is 23.2 Å². The Morgan fingerprint density at radius 3 is 2.84 bits per heavy atom. The molecule has 7 nitrogen and oxygen atoms in total. The van der Waals surface area contributed by atoms with Gasteiger partial charge < -0.3 is 10.6 Å². The molecule has 0 aliphatic carbocycles. The fourth-order valence-electron chi connectivity index (χ4n) is 2.23. The molecule has 9 heteroatoms. The van der Waals surface area contributed by atoms with Crippen molar-refractivity contribution in [1.82, 2.24) is 14.7 Å². The van der Waals surface area contributed by atoms with Crippen molar-refractivity contribution < 1.29 is 14.0 Å². The van der Waals surface area contributed by atoms with E-state index in [9.17, 15) is 18.8 Å². The number of rotatable bonds is 4. The lowest BCUT2D eigenvalue weighted by Crippen LogP contribution is -2.26. The largest absolute Gasteiger partial charge is 0.352 e. The van der Waals surface area contributed by atoms with Crippen LogP contribution >= 0.6 is 11.3 Å². The second-order valence-corrected chi connectivity index (χ2v) is 5.95. The van der Waals surface area contributed by atoms with E-state index in [2.05, 4.69) is 15.6 Å². The summed E-state index contributed by atoms with van der Waals surface area (Å²) >= 11 is 1.26. The lowest BCUT2D eigenvalue weighted by Gasteiger charge is -2.08. The zero-order valence-electron chi connectivity index (χ0n) is 13.1. The smallest absolute Gasteiger partial charge is 0.271 e. The van der Waals surface area contributed by atoms with Crippen LogP contribution in [0.4, 0.5) is 10.1 Å². The van der Waals surface area contributed by atoms with Crippen molar-refractivity contribution in [1.29, 1.82) is 0 Å². The number of thiazole rings is 1. The van der Waals surface area contributed by atoms with Crippen molar-refractivity contribution in [3.8, 4) is 0 Å². The fourth-order valence-corrected chi connectivity index (χ4v) is 2.91. The van der Waals surface area contributed by atoms with Gasteiger partial charge in [0.15, 0.2) is 4.96 Å². The molecule has 0 atom stereocenters. The number of anilines is 1. The summed E-state index contributed by atoms with van der Waals surface area (Å²) in [5.41, 5.74) is -0.565. The molecule has 0 fully saturated rings. The minimum atomic E-state index is -0.731. The summed E-state index contributed by atoms with van der Waals surface area (Å²) in [6, 6.07) is 3.46. The van der Waals surface area contributed by atoms with Gasteiger partial charge in [0.05, 0.1) is 0 Å². The van der Waals surface area contributed by atoms with E-state index in [4.69, 9.17) is 0 Å². The van der Waals surface area contributed by atoms with Gasteiger partial charge in [-0.15, -0.1) is 11.3 Å². The third-order valence-electron chi connectivity index (χ3n) is 3.34. The van der Waals surface area contributed by atoms with E-state index in [0.717, 1.165) is 12.1 Å². The quantitative estimate of drug-likeness (QED) is 0.743. The summed E-state index contributed by atoms with van der Waals surface area (Å²) in [5, 5.41) is 6.65. The van der Waals surface area contributed by atoms with Crippen molar-refractivity contribution in [2.24, 2.45) is 0 Å². The van der Waals surface area contributed by atoms with Crippen molar-refractivity contribution >= 4 is 33.8 Å². The SMILES string of the molecule is CCNC(=O)c1cc(F)cc(NC(=O)c2cnc3sccn3c2=O)c1. The standard InChI is InChI=1S/C16H13FN4O3S/c1-2-18-13(22)9-5-10(17)7-11(6-9)20-14(23)12-8-19-16-21(15(12)24)3-4-25-16/h3-8H,2H2,1H3,(H,18,22)(H,20,23). The Morgan fingerprint density at radius 1 is 1.28 bits per heavy atom. The molecule has 2 aromatic heterocycles. The summed E-state index contributed by atoms with van der Waals surface area (Å²) in [6.45, 7) is 2.13. The second-order valence-electron chi connectivity index (χ2n) is 5.07. The molecule has 0 saturated carbocycles. The van der Waals surface area contributed by atoms with E-state index in [1.807, 2.05) is 0 Å². The van der Waals surface area contributed by atoms with E-state index in [1.165, 1.54) is 34.2 Å². The first-order valence-corrected chi connectivity index (χ1v) is 8.22. The highest BCUT2D eigenvalue weighted by atomic mass is 32.1. The Balaban J connectivity index is 1.90. The van der Waals surface area contributed by atoms with Crippen LogP contribution in [0.1, 0.15) is 27.6 Å². The predicted molar refractivity (Wildman–Crippen MR) is 91.7 cm³/mol. The zero-order valence-corrected chi connectivity index (χ0v) is 13.9. The third-order valence-corrected chi connectivity index (χ3v) is 4.11. The number of aromatic nitrogens is 2. The van der Waals surface area contributed by atoms with E-state index in [0.29, 0.717) is 11.5 Å². The molecule has 0 unspecified atom stereocenters. The van der Waals surface area contributed by atoms with Gasteiger partial charge in [0.2, 0.25) is 0 Å². The first-order chi connectivity index (χ1) is 12.0. The molecule has 0 aliphatic rings. The molecule has 128 valence electrons. The Kier molecular flexibility index (Phi) is 4.57. The van der Waals surface area contributed by atoms with Crippen LogP contribution < -0.4 is 16.2 Å². The van der Waals surface area contributed by atoms with Gasteiger partial charge in [-0.25, -0.2) is 9.37 Å². The van der Waals surface area contributed by atoms with Crippen LogP contribution in [0.3, 0.4) is 0 Å². The number of hydrogen-bond donors (Lipinski definition) is 2. The predicted octanol–water partition coefficient (Wildman–Crippen LogP) is 1.90. The molecule has 3 aromatic rings. The average Bonchev–Trinajstić information content (AvgIpc) is 3.04. The van der Waals surface area contributed by atoms with E-state index in [-0.39, 0.29) is 16.8 Å². The number of carbonyl (C=O) groups is 2. The van der Waals surface area contributed by atoms with Gasteiger partial charge in [0.25, 0.3) is 17.4 Å². The highest BCUT2D eigenvalue weighted by molar-refractivity contribution is 7.15. The maximum atomic E-state index is 13.7. The lowest BCUT2D eigenvalue weighted by atomic mass is 10.1. The highest BCUT2D eigenvalue weighted by Gasteiger charge is 2.15. The van der Waals surface area contributed by atoms with Crippen LogP contribution in [0, 0.1) is 5.82 Å². The molecule has 2 amide bonds. The molecule has 3 rings (SSSR count). The summed E-state index contributed by atoms with van der Waals surface area (Å²) in [6.07, 6.45) is 2.69. The van der Waals surface area contributed by atoms with Crippen LogP contribution in [0.5, 0.6) is 0 Å². The van der Waals surface area contributed by atoms with Gasteiger partial charge >= 0.3 is 0 Å². The molecule has 25 heavy (non-hydrogen) atoms. The summed E-state index contributed by atoms with van der Waals surface area (Å²) < 4.78 is 15.0. The second kappa shape index (κ2) is 6.81. The van der Waals surface area contributed by atoms with Gasteiger partial charge in [0, 0.05) is 35.6 Å². The average molecular weight is 360 g/mol. The molecule has 1 aromatic carbocycles. The number of nitrogens with one attached hydrogen (secondary N) is 2. The van der Waals surface area contributed by atoms with Gasteiger partial charge in [-0.2, -0.15) is 0 Å². The monoisotopic (exact) mass is 360 g/mol. The Morgan fingerprint density at radius 2 is 2.08 bits per heavy atom. The molecule has 0 saturated heterocycles. The topological polar surface area (TPSA) is 92.6 Å². The fraction of sp³-hybridized carbons (Fsp3) is 0.125. The highest BCUT2D eigenvalue weighted by Crippen LogP contribution is 2.15. The molecular formula is C16H13FN4O3S. The van der Waals surface area contributed by atoms with Crippen LogP contribution in [0.25, 0.3) is 4.96 Å². The van der Waals surface area contributed by atoms with Crippen LogP contribution in [0.15, 0.2) is 40.8 Å². The molecule has 0 aliphatic heterocycles. The molecule has 0 spiro atoms. The van der Waals surface area contributed by atoms with Gasteiger partial charge in [-0.05, 0) is 25.1 Å². The first-order valence-electron chi connectivity index (χ1n) is 7.34. The Labute approximate surface area is 145 Å². The van der Waals surface area contributed by atoms with Gasteiger partial charge in [-0.3, -0.25) is 18.8 Å². The maximum Gasteiger partial charge on any atom is 0.271 e. The number of hydrogen-bond acceptors (Lipinski definition) is 5. The number of carbonyl (C=O) groups excluding carboxylic acids is 2. The summed E-state index contributed by atoms with van der Waals surface area (Å²) in [7, 11) is 0. The molecule has 0 bridgehead atoms. The molecule has 2 heterocycles. The van der Waals surface area contributed by atoms with Crippen LogP contribution in [-0.4, -0.2) is 27.7 Å². The first kappa shape index (κ1) is 16.8. The van der Waals surface area contributed by atoms with Crippen LogP contribution in [0.2, 0.25) is 0 Å². The summed E-state index contributed by atoms with van der Waals surface area (Å²) in [5.74, 6) is -1.87. The van der Waals surface area contributed by atoms with Crippen molar-refractivity contribution in [3.63, 3.8) is 0 Å².